The van der Waals surface area contributed by atoms with Gasteiger partial charge in [-0.2, -0.15) is 0 Å². The molecule has 0 radical (unpaired) electrons. The first-order valence-electron chi connectivity index (χ1n) is 17.8. The second-order valence-electron chi connectivity index (χ2n) is 18.9. The van der Waals surface area contributed by atoms with E-state index in [0.717, 1.165) is 12.8 Å². The van der Waals surface area contributed by atoms with Gasteiger partial charge in [0, 0.05) is 9.75 Å². The molecule has 1 aromatic heterocycles. The molecule has 2 heterocycles. The third-order valence-electron chi connectivity index (χ3n) is 8.82. The van der Waals surface area contributed by atoms with Gasteiger partial charge in [0.05, 0.1) is 6.61 Å². The van der Waals surface area contributed by atoms with Gasteiger partial charge >= 0.3 is 0 Å². The second-order valence-corrected chi connectivity index (χ2v) is 42.6. The first-order chi connectivity index (χ1) is 21.5. The molecule has 0 spiro atoms. The molecule has 2 aromatic rings. The maximum Gasteiger partial charge on any atom is 0.188 e. The lowest BCUT2D eigenvalue weighted by molar-refractivity contribution is -0.215. The van der Waals surface area contributed by atoms with Crippen molar-refractivity contribution in [2.75, 3.05) is 6.61 Å². The van der Waals surface area contributed by atoms with E-state index in [1.165, 1.54) is 26.4 Å². The minimum Gasteiger partial charge on any atom is -0.432 e. The zero-order valence-corrected chi connectivity index (χ0v) is 39.1. The maximum atomic E-state index is 10.8. The van der Waals surface area contributed by atoms with Crippen molar-refractivity contribution in [3.05, 3.63) is 56.8 Å². The Labute approximate surface area is 302 Å². The number of hydrogen-bond donors (Lipinski definition) is 1. The standard InChI is InChI=1S/C36H68O6SSi5/c1-26-29(22-27-18-20-28(21-19-27)24-36(2,3)48(16,17)37)23-31(43-26)33-35(42-47(13,14)15)34(41-46(10,11)12)32(40-45(7,8)9)30(39-33)25-38-44(4,5)6/h18-21,23,30,32-35,37H,22,24-25H2,1-17H3/t30-,32-,33?,34+,35+/m1/s1. The average molecular weight is 769 g/mol. The molecule has 0 saturated carbocycles. The molecule has 3 rings (SSSR count). The van der Waals surface area contributed by atoms with Crippen molar-refractivity contribution >= 4 is 52.9 Å². The van der Waals surface area contributed by atoms with Gasteiger partial charge in [-0.15, -0.1) is 11.3 Å². The lowest BCUT2D eigenvalue weighted by Crippen LogP contribution is -2.63. The smallest absolute Gasteiger partial charge is 0.188 e. The molecule has 1 aliphatic heterocycles. The molecule has 5 atom stereocenters. The van der Waals surface area contributed by atoms with Crippen LogP contribution in [0.5, 0.6) is 0 Å². The number of ether oxygens (including phenoxy) is 1. The largest absolute Gasteiger partial charge is 0.432 e. The molecule has 0 bridgehead atoms. The second kappa shape index (κ2) is 15.4. The Morgan fingerprint density at radius 3 is 1.67 bits per heavy atom. The summed E-state index contributed by atoms with van der Waals surface area (Å²) in [7, 11) is -10.1. The average Bonchev–Trinajstić information content (AvgIpc) is 3.22. The summed E-state index contributed by atoms with van der Waals surface area (Å²) in [5, 5.41) is -0.0873. The molecular weight excluding hydrogens is 701 g/mol. The van der Waals surface area contributed by atoms with Crippen molar-refractivity contribution in [2.24, 2.45) is 0 Å². The number of aryl methyl sites for hydroxylation is 1. The highest BCUT2D eigenvalue weighted by Crippen LogP contribution is 2.44. The summed E-state index contributed by atoms with van der Waals surface area (Å²) in [6, 6.07) is 11.3. The van der Waals surface area contributed by atoms with Gasteiger partial charge in [0.15, 0.2) is 41.6 Å². The van der Waals surface area contributed by atoms with Gasteiger partial charge in [-0.25, -0.2) is 0 Å². The fraction of sp³-hybridized carbons (Fsp3) is 0.722. The highest BCUT2D eigenvalue weighted by molar-refractivity contribution is 7.12. The van der Waals surface area contributed by atoms with Crippen LogP contribution in [-0.2, 0) is 35.3 Å². The summed E-state index contributed by atoms with van der Waals surface area (Å²) < 4.78 is 34.9. The minimum atomic E-state index is -2.28. The molecule has 1 aromatic carbocycles. The summed E-state index contributed by atoms with van der Waals surface area (Å²) in [4.78, 5) is 13.3. The van der Waals surface area contributed by atoms with Crippen LogP contribution < -0.4 is 0 Å². The third kappa shape index (κ3) is 12.8. The molecule has 0 aliphatic carbocycles. The van der Waals surface area contributed by atoms with Crippen molar-refractivity contribution in [3.63, 3.8) is 0 Å². The Kier molecular flexibility index (Phi) is 13.5. The van der Waals surface area contributed by atoms with Crippen LogP contribution in [0.2, 0.25) is 96.7 Å². The quantitative estimate of drug-likeness (QED) is 0.182. The van der Waals surface area contributed by atoms with Crippen LogP contribution in [0.15, 0.2) is 30.3 Å². The van der Waals surface area contributed by atoms with Crippen LogP contribution in [0.1, 0.15) is 46.4 Å². The van der Waals surface area contributed by atoms with Crippen molar-refractivity contribution in [1.29, 1.82) is 0 Å². The van der Waals surface area contributed by atoms with Gasteiger partial charge in [-0.05, 0) is 139 Å². The monoisotopic (exact) mass is 768 g/mol. The first kappa shape index (κ1) is 42.2. The molecule has 0 amide bonds. The fourth-order valence-electron chi connectivity index (χ4n) is 5.82. The predicted molar refractivity (Wildman–Crippen MR) is 217 cm³/mol. The molecule has 1 fully saturated rings. The Morgan fingerprint density at radius 2 is 1.19 bits per heavy atom. The van der Waals surface area contributed by atoms with E-state index in [4.69, 9.17) is 22.4 Å². The third-order valence-corrected chi connectivity index (χ3v) is 17.4. The van der Waals surface area contributed by atoms with E-state index in [9.17, 15) is 4.80 Å². The molecule has 12 heteroatoms. The van der Waals surface area contributed by atoms with Crippen LogP contribution in [-0.4, -0.2) is 77.4 Å². The van der Waals surface area contributed by atoms with Crippen molar-refractivity contribution in [1.82, 2.24) is 0 Å². The Hall–Kier alpha value is -0.236. The van der Waals surface area contributed by atoms with E-state index in [1.54, 1.807) is 0 Å². The summed E-state index contributed by atoms with van der Waals surface area (Å²) in [6.07, 6.45) is 0.415. The van der Waals surface area contributed by atoms with Crippen LogP contribution in [0.3, 0.4) is 0 Å². The van der Waals surface area contributed by atoms with E-state index in [2.05, 4.69) is 130 Å². The molecular formula is C36H68O6SSi5. The van der Waals surface area contributed by atoms with E-state index in [0.29, 0.717) is 6.61 Å². The van der Waals surface area contributed by atoms with E-state index >= 15 is 0 Å². The molecule has 48 heavy (non-hydrogen) atoms. The van der Waals surface area contributed by atoms with E-state index < -0.39 is 41.6 Å². The summed E-state index contributed by atoms with van der Waals surface area (Å²) >= 11 is 1.82. The zero-order chi connectivity index (χ0) is 36.7. The fourth-order valence-corrected chi connectivity index (χ4v) is 11.5. The number of rotatable bonds is 15. The minimum absolute atomic E-state index is 0.0873. The summed E-state index contributed by atoms with van der Waals surface area (Å²) in [5.74, 6) is 0. The van der Waals surface area contributed by atoms with Crippen LogP contribution in [0.4, 0.5) is 0 Å². The molecule has 274 valence electrons. The summed E-state index contributed by atoms with van der Waals surface area (Å²) in [6.45, 7) is 38.1. The topological polar surface area (TPSA) is 66.4 Å². The van der Waals surface area contributed by atoms with Crippen LogP contribution in [0.25, 0.3) is 0 Å². The molecule has 1 N–H and O–H groups in total. The first-order valence-corrected chi connectivity index (χ1v) is 35.2. The van der Waals surface area contributed by atoms with Gasteiger partial charge in [-0.1, -0.05) is 38.1 Å². The van der Waals surface area contributed by atoms with Gasteiger partial charge in [0.25, 0.3) is 0 Å². The van der Waals surface area contributed by atoms with Gasteiger partial charge in [0.2, 0.25) is 0 Å². The number of benzene rings is 1. The highest BCUT2D eigenvalue weighted by atomic mass is 32.1. The van der Waals surface area contributed by atoms with Crippen LogP contribution in [0, 0.1) is 6.92 Å². The lowest BCUT2D eigenvalue weighted by Gasteiger charge is -2.51. The number of thiophene rings is 1. The number of hydrogen-bond acceptors (Lipinski definition) is 7. The molecule has 1 saturated heterocycles. The Bertz CT molecular complexity index is 1330. The van der Waals surface area contributed by atoms with Gasteiger partial charge < -0.3 is 27.2 Å². The van der Waals surface area contributed by atoms with Crippen LogP contribution >= 0.6 is 11.3 Å². The van der Waals surface area contributed by atoms with Crippen molar-refractivity contribution in [2.45, 2.75) is 161 Å². The van der Waals surface area contributed by atoms with Crippen molar-refractivity contribution < 1.29 is 27.2 Å². The van der Waals surface area contributed by atoms with Gasteiger partial charge in [0.1, 0.15) is 30.5 Å². The van der Waals surface area contributed by atoms with Crippen molar-refractivity contribution in [3.8, 4) is 0 Å². The molecule has 1 unspecified atom stereocenters. The van der Waals surface area contributed by atoms with E-state index in [-0.39, 0.29) is 35.6 Å². The SMILES string of the molecule is Cc1sc(C2O[C@H](CO[Si](C)(C)C)[C@@H](O[Si](C)(C)C)[C@H](O[Si](C)(C)C)[C@H]2O[Si](C)(C)C)cc1Cc1ccc(CC(C)(C)[Si](C)(C)O)cc1. The molecule has 1 aliphatic rings. The highest BCUT2D eigenvalue weighted by Gasteiger charge is 2.52. The lowest BCUT2D eigenvalue weighted by atomic mass is 9.93. The predicted octanol–water partition coefficient (Wildman–Crippen LogP) is 10.1. The normalized spacial score (nSPS) is 23.5. The Morgan fingerprint density at radius 1 is 0.708 bits per heavy atom. The zero-order valence-electron chi connectivity index (χ0n) is 33.3. The summed E-state index contributed by atoms with van der Waals surface area (Å²) in [5.41, 5.74) is 3.88. The molecule has 6 nitrogen and oxygen atoms in total. The van der Waals surface area contributed by atoms with Gasteiger partial charge in [-0.3, -0.25) is 0 Å². The maximum absolute atomic E-state index is 10.8. The van der Waals surface area contributed by atoms with E-state index in [1.807, 2.05) is 24.4 Å². The Balaban J connectivity index is 2.02.